The smallest absolute Gasteiger partial charge is 0.315 e. The molecule has 5 aromatic rings. The minimum Gasteiger partial charge on any atom is -0.392 e. The van der Waals surface area contributed by atoms with Crippen LogP contribution in [-0.4, -0.2) is 43.2 Å². The highest BCUT2D eigenvalue weighted by Crippen LogP contribution is 2.39. The van der Waals surface area contributed by atoms with Gasteiger partial charge in [-0.05, 0) is 49.9 Å². The van der Waals surface area contributed by atoms with Crippen LogP contribution in [0.4, 0.5) is 4.79 Å². The van der Waals surface area contributed by atoms with Crippen molar-refractivity contribution in [3.05, 3.63) is 131 Å². The lowest BCUT2D eigenvalue weighted by atomic mass is 9.99. The molecule has 6 rings (SSSR count). The monoisotopic (exact) mass is 636 g/mol. The number of aliphatic hydroxyl groups is 1. The molecule has 0 spiro atoms. The Morgan fingerprint density at radius 1 is 0.848 bits per heavy atom. The van der Waals surface area contributed by atoms with E-state index in [0.717, 1.165) is 44.1 Å². The lowest BCUT2D eigenvalue weighted by molar-refractivity contribution is -0.245. The zero-order chi connectivity index (χ0) is 31.7. The summed E-state index contributed by atoms with van der Waals surface area (Å²) in [6.07, 6.45) is -0.158. The highest BCUT2D eigenvalue weighted by Gasteiger charge is 2.32. The number of benzene rings is 4. The van der Waals surface area contributed by atoms with Crippen molar-refractivity contribution in [2.75, 3.05) is 5.75 Å². The van der Waals surface area contributed by atoms with Crippen LogP contribution in [0.3, 0.4) is 0 Å². The fourth-order valence-corrected chi connectivity index (χ4v) is 6.12. The number of aliphatic hydroxyl groups excluding tert-OH is 1. The van der Waals surface area contributed by atoms with Crippen molar-refractivity contribution in [1.29, 1.82) is 0 Å². The van der Waals surface area contributed by atoms with Gasteiger partial charge in [-0.1, -0.05) is 109 Å². The first kappa shape index (κ1) is 31.4. The predicted molar refractivity (Wildman–Crippen MR) is 175 cm³/mol. The summed E-state index contributed by atoms with van der Waals surface area (Å²) in [7, 11) is 1.82. The average molecular weight is 637 g/mol. The SMILES string of the molecule is Cn1nnnc1SC[C@H]1C[C@@H](c2ccc(CO)cc2)O[C@@H](c2ccc(-c3cccc(CNC(=O)NCc4ccccc4)c3)cc2)O1. The predicted octanol–water partition coefficient (Wildman–Crippen LogP) is 5.71. The van der Waals surface area contributed by atoms with Crippen LogP contribution in [-0.2, 0) is 36.2 Å². The van der Waals surface area contributed by atoms with E-state index in [1.165, 1.54) is 0 Å². The Labute approximate surface area is 272 Å². The fourth-order valence-electron chi connectivity index (χ4n) is 5.25. The van der Waals surface area contributed by atoms with Gasteiger partial charge in [0.1, 0.15) is 0 Å². The molecule has 1 fully saturated rings. The maximum atomic E-state index is 12.3. The average Bonchev–Trinajstić information content (AvgIpc) is 3.53. The quantitative estimate of drug-likeness (QED) is 0.158. The topological polar surface area (TPSA) is 123 Å². The fraction of sp³-hybridized carbons (Fsp3) is 0.257. The molecule has 2 amide bonds. The van der Waals surface area contributed by atoms with Crippen LogP contribution in [0.2, 0.25) is 0 Å². The Kier molecular flexibility index (Phi) is 10.4. The molecule has 3 N–H and O–H groups in total. The molecule has 1 saturated heterocycles. The van der Waals surface area contributed by atoms with Gasteiger partial charge in [-0.15, -0.1) is 5.10 Å². The van der Waals surface area contributed by atoms with Crippen LogP contribution in [0.5, 0.6) is 0 Å². The van der Waals surface area contributed by atoms with Crippen LogP contribution in [0, 0.1) is 0 Å². The highest BCUT2D eigenvalue weighted by atomic mass is 32.2. The summed E-state index contributed by atoms with van der Waals surface area (Å²) >= 11 is 1.55. The lowest BCUT2D eigenvalue weighted by Crippen LogP contribution is -2.34. The van der Waals surface area contributed by atoms with Crippen molar-refractivity contribution in [2.24, 2.45) is 7.05 Å². The molecule has 1 aromatic heterocycles. The zero-order valence-corrected chi connectivity index (χ0v) is 26.3. The molecule has 46 heavy (non-hydrogen) atoms. The minimum absolute atomic E-state index is 0.00159. The van der Waals surface area contributed by atoms with Gasteiger partial charge in [0.25, 0.3) is 0 Å². The first-order valence-electron chi connectivity index (χ1n) is 15.1. The molecule has 1 aliphatic rings. The number of rotatable bonds is 11. The molecule has 2 heterocycles. The first-order chi connectivity index (χ1) is 22.5. The molecule has 0 saturated carbocycles. The molecule has 11 heteroatoms. The summed E-state index contributed by atoms with van der Waals surface area (Å²) in [5.41, 5.74) is 6.97. The number of amides is 2. The van der Waals surface area contributed by atoms with Crippen molar-refractivity contribution in [3.8, 4) is 11.1 Å². The van der Waals surface area contributed by atoms with Crippen LogP contribution >= 0.6 is 11.8 Å². The number of aromatic nitrogens is 4. The molecule has 1 aliphatic heterocycles. The van der Waals surface area contributed by atoms with E-state index in [-0.39, 0.29) is 24.8 Å². The van der Waals surface area contributed by atoms with Gasteiger partial charge < -0.3 is 25.2 Å². The van der Waals surface area contributed by atoms with Gasteiger partial charge in [0.2, 0.25) is 5.16 Å². The van der Waals surface area contributed by atoms with Gasteiger partial charge in [0.15, 0.2) is 6.29 Å². The van der Waals surface area contributed by atoms with Crippen molar-refractivity contribution in [1.82, 2.24) is 30.8 Å². The number of hydrogen-bond acceptors (Lipinski definition) is 8. The van der Waals surface area contributed by atoms with E-state index in [2.05, 4.69) is 50.4 Å². The molecule has 236 valence electrons. The van der Waals surface area contributed by atoms with Crippen LogP contribution in [0.15, 0.2) is 108 Å². The molecule has 0 bridgehead atoms. The van der Waals surface area contributed by atoms with Crippen molar-refractivity contribution in [3.63, 3.8) is 0 Å². The number of tetrazole rings is 1. The summed E-state index contributed by atoms with van der Waals surface area (Å²) in [5.74, 6) is 0.669. The van der Waals surface area contributed by atoms with E-state index >= 15 is 0 Å². The Balaban J connectivity index is 1.11. The second kappa shape index (κ2) is 15.2. The Morgan fingerprint density at radius 3 is 2.28 bits per heavy atom. The van der Waals surface area contributed by atoms with E-state index < -0.39 is 6.29 Å². The maximum Gasteiger partial charge on any atom is 0.315 e. The highest BCUT2D eigenvalue weighted by molar-refractivity contribution is 7.99. The van der Waals surface area contributed by atoms with Gasteiger partial charge in [-0.25, -0.2) is 9.48 Å². The van der Waals surface area contributed by atoms with Crippen LogP contribution in [0.25, 0.3) is 11.1 Å². The summed E-state index contributed by atoms with van der Waals surface area (Å²) in [6.45, 7) is 0.891. The number of thioether (sulfide) groups is 1. The van der Waals surface area contributed by atoms with Gasteiger partial charge in [-0.3, -0.25) is 0 Å². The summed E-state index contributed by atoms with van der Waals surface area (Å²) in [4.78, 5) is 12.3. The Morgan fingerprint density at radius 2 is 1.57 bits per heavy atom. The molecule has 0 radical (unpaired) electrons. The van der Waals surface area contributed by atoms with E-state index in [1.54, 1.807) is 16.4 Å². The van der Waals surface area contributed by atoms with Crippen molar-refractivity contribution in [2.45, 2.75) is 49.8 Å². The molecule has 10 nitrogen and oxygen atoms in total. The lowest BCUT2D eigenvalue weighted by Gasteiger charge is -2.36. The number of hydrogen-bond donors (Lipinski definition) is 3. The molecular formula is C35H36N6O4S. The van der Waals surface area contributed by atoms with Gasteiger partial charge in [0, 0.05) is 37.9 Å². The third-order valence-electron chi connectivity index (χ3n) is 7.79. The maximum absolute atomic E-state index is 12.3. The third kappa shape index (κ3) is 8.18. The number of carbonyl (C=O) groups excluding carboxylic acids is 1. The standard InChI is InChI=1S/C35H36N6O4S/c1-41-35(38-39-40-41)46-23-31-19-32(28-12-10-25(22-42)11-13-28)45-33(44-31)29-16-14-27(15-17-29)30-9-5-8-26(18-30)21-37-34(43)36-20-24-6-3-2-4-7-24/h2-18,31-33,42H,19-23H2,1H3,(H2,36,37,43)/t31-,32+,33+/m1/s1. The number of aryl methyl sites for hydroxylation is 1. The van der Waals surface area contributed by atoms with E-state index in [1.807, 2.05) is 85.9 Å². The van der Waals surface area contributed by atoms with Gasteiger partial charge >= 0.3 is 6.03 Å². The molecule has 0 aliphatic carbocycles. The number of carbonyl (C=O) groups is 1. The zero-order valence-electron chi connectivity index (χ0n) is 25.5. The number of nitrogens with one attached hydrogen (secondary N) is 2. The Hall–Kier alpha value is -4.55. The van der Waals surface area contributed by atoms with Crippen LogP contribution < -0.4 is 10.6 Å². The number of ether oxygens (including phenoxy) is 2. The summed E-state index contributed by atoms with van der Waals surface area (Å²) in [6, 6.07) is 33.8. The molecule has 0 unspecified atom stereocenters. The second-order valence-corrected chi connectivity index (χ2v) is 12.1. The molecule has 3 atom stereocenters. The minimum atomic E-state index is -0.557. The van der Waals surface area contributed by atoms with Gasteiger partial charge in [-0.2, -0.15) is 0 Å². The molecular weight excluding hydrogens is 600 g/mol. The normalized spacial score (nSPS) is 17.8. The number of urea groups is 1. The van der Waals surface area contributed by atoms with Crippen LogP contribution in [0.1, 0.15) is 46.6 Å². The van der Waals surface area contributed by atoms with E-state index in [9.17, 15) is 9.90 Å². The third-order valence-corrected chi connectivity index (χ3v) is 8.93. The summed E-state index contributed by atoms with van der Waals surface area (Å²) < 4.78 is 14.6. The first-order valence-corrected chi connectivity index (χ1v) is 16.1. The Bertz CT molecular complexity index is 1720. The largest absolute Gasteiger partial charge is 0.392 e. The summed E-state index contributed by atoms with van der Waals surface area (Å²) in [5, 5.41) is 27.8. The number of nitrogens with zero attached hydrogens (tertiary/aromatic N) is 4. The van der Waals surface area contributed by atoms with Crippen molar-refractivity contribution >= 4 is 17.8 Å². The van der Waals surface area contributed by atoms with Gasteiger partial charge in [0.05, 0.1) is 18.8 Å². The van der Waals surface area contributed by atoms with Crippen molar-refractivity contribution < 1.29 is 19.4 Å². The van der Waals surface area contributed by atoms with E-state index in [0.29, 0.717) is 25.3 Å². The van der Waals surface area contributed by atoms with E-state index in [4.69, 9.17) is 9.47 Å². The molecule has 4 aromatic carbocycles. The second-order valence-electron chi connectivity index (χ2n) is 11.1.